The lowest BCUT2D eigenvalue weighted by Crippen LogP contribution is -2.30. The summed E-state index contributed by atoms with van der Waals surface area (Å²) in [5, 5.41) is 3.42. The molecule has 4 nitrogen and oxygen atoms in total. The first kappa shape index (κ1) is 18.1. The van der Waals surface area contributed by atoms with Gasteiger partial charge < -0.3 is 14.8 Å². The number of aryl methyl sites for hydroxylation is 3. The Hall–Kier alpha value is -2.20. The normalized spacial score (nSPS) is 11.8. The van der Waals surface area contributed by atoms with Crippen LogP contribution in [-0.4, -0.2) is 19.1 Å². The summed E-state index contributed by atoms with van der Waals surface area (Å²) in [5.74, 6) is 0.964. The largest absolute Gasteiger partial charge is 0.495 e. The Bertz CT molecular complexity index is 759. The molecular weight excluding hydrogens is 326 g/mol. The number of hydrogen-bond donors (Lipinski definition) is 1. The van der Waals surface area contributed by atoms with Crippen LogP contribution in [0.1, 0.15) is 23.6 Å². The number of hydrogen-bond acceptors (Lipinski definition) is 3. The highest BCUT2D eigenvalue weighted by atomic mass is 35.5. The molecular formula is C19H22ClNO3. The van der Waals surface area contributed by atoms with Gasteiger partial charge in [0.25, 0.3) is 5.91 Å². The molecule has 128 valence electrons. The average Bonchev–Trinajstić information content (AvgIpc) is 2.54. The third-order valence-electron chi connectivity index (χ3n) is 3.76. The SMILES string of the molecule is COc1cc(Cl)c(C)cc1NC(=O)C(C)Oc1cc(C)ccc1C. The molecule has 0 aliphatic heterocycles. The number of carbonyl (C=O) groups is 1. The first-order chi connectivity index (χ1) is 11.3. The van der Waals surface area contributed by atoms with Crippen LogP contribution in [0.3, 0.4) is 0 Å². The lowest BCUT2D eigenvalue weighted by molar-refractivity contribution is -0.122. The molecule has 0 radical (unpaired) electrons. The molecule has 5 heteroatoms. The molecule has 2 aromatic rings. The van der Waals surface area contributed by atoms with E-state index in [0.29, 0.717) is 22.2 Å². The smallest absolute Gasteiger partial charge is 0.265 e. The lowest BCUT2D eigenvalue weighted by atomic mass is 10.1. The summed E-state index contributed by atoms with van der Waals surface area (Å²) in [6.07, 6.45) is -0.647. The zero-order valence-electron chi connectivity index (χ0n) is 14.6. The number of rotatable bonds is 5. The quantitative estimate of drug-likeness (QED) is 0.854. The number of ether oxygens (including phenoxy) is 2. The summed E-state index contributed by atoms with van der Waals surface area (Å²) in [6, 6.07) is 9.37. The number of methoxy groups -OCH3 is 1. The van der Waals surface area contributed by atoms with E-state index in [0.717, 1.165) is 16.7 Å². The summed E-state index contributed by atoms with van der Waals surface area (Å²) < 4.78 is 11.1. The standard InChI is InChI=1S/C19H22ClNO3/c1-11-6-7-12(2)17(8-11)24-14(4)19(22)21-16-9-13(3)15(20)10-18(16)23-5/h6-10,14H,1-5H3,(H,21,22). The van der Waals surface area contributed by atoms with Crippen LogP contribution in [0.4, 0.5) is 5.69 Å². The molecule has 0 saturated heterocycles. The number of benzene rings is 2. The van der Waals surface area contributed by atoms with Crippen LogP contribution >= 0.6 is 11.6 Å². The van der Waals surface area contributed by atoms with Gasteiger partial charge in [0.05, 0.1) is 12.8 Å². The van der Waals surface area contributed by atoms with Crippen LogP contribution in [0.15, 0.2) is 30.3 Å². The van der Waals surface area contributed by atoms with E-state index in [1.54, 1.807) is 19.1 Å². The maximum Gasteiger partial charge on any atom is 0.265 e. The van der Waals surface area contributed by atoms with Gasteiger partial charge in [0.15, 0.2) is 6.10 Å². The van der Waals surface area contributed by atoms with E-state index < -0.39 is 6.10 Å². The fourth-order valence-electron chi connectivity index (χ4n) is 2.24. The fraction of sp³-hybridized carbons (Fsp3) is 0.316. The molecule has 0 spiro atoms. The van der Waals surface area contributed by atoms with Crippen LogP contribution in [0.25, 0.3) is 0 Å². The van der Waals surface area contributed by atoms with Gasteiger partial charge in [0.1, 0.15) is 11.5 Å². The Morgan fingerprint density at radius 2 is 1.79 bits per heavy atom. The van der Waals surface area contributed by atoms with Crippen molar-refractivity contribution < 1.29 is 14.3 Å². The molecule has 1 atom stereocenters. The molecule has 0 fully saturated rings. The van der Waals surface area contributed by atoms with Crippen LogP contribution in [0.5, 0.6) is 11.5 Å². The van der Waals surface area contributed by atoms with Crippen molar-refractivity contribution in [2.24, 2.45) is 0 Å². The molecule has 0 aliphatic carbocycles. The van der Waals surface area contributed by atoms with Gasteiger partial charge in [-0.2, -0.15) is 0 Å². The van der Waals surface area contributed by atoms with Crippen molar-refractivity contribution in [1.29, 1.82) is 0 Å². The number of halogens is 1. The predicted octanol–water partition coefficient (Wildman–Crippen LogP) is 4.68. The molecule has 2 aromatic carbocycles. The fourth-order valence-corrected chi connectivity index (χ4v) is 2.40. The molecule has 24 heavy (non-hydrogen) atoms. The van der Waals surface area contributed by atoms with E-state index in [1.807, 2.05) is 39.0 Å². The molecule has 0 aliphatic rings. The van der Waals surface area contributed by atoms with Gasteiger partial charge in [0.2, 0.25) is 0 Å². The average molecular weight is 348 g/mol. The summed E-state index contributed by atoms with van der Waals surface area (Å²) in [6.45, 7) is 7.52. The van der Waals surface area contributed by atoms with E-state index in [-0.39, 0.29) is 5.91 Å². The minimum atomic E-state index is -0.647. The van der Waals surface area contributed by atoms with Gasteiger partial charge >= 0.3 is 0 Å². The third-order valence-corrected chi connectivity index (χ3v) is 4.16. The van der Waals surface area contributed by atoms with Crippen molar-refractivity contribution >= 4 is 23.2 Å². The van der Waals surface area contributed by atoms with Crippen LogP contribution in [-0.2, 0) is 4.79 Å². The highest BCUT2D eigenvalue weighted by Crippen LogP contribution is 2.31. The molecule has 2 rings (SSSR count). The van der Waals surface area contributed by atoms with E-state index in [4.69, 9.17) is 21.1 Å². The Morgan fingerprint density at radius 3 is 2.46 bits per heavy atom. The predicted molar refractivity (Wildman–Crippen MR) is 97.4 cm³/mol. The van der Waals surface area contributed by atoms with Gasteiger partial charge in [-0.05, 0) is 56.5 Å². The van der Waals surface area contributed by atoms with Gasteiger partial charge in [-0.3, -0.25) is 4.79 Å². The van der Waals surface area contributed by atoms with Crippen LogP contribution in [0.2, 0.25) is 5.02 Å². The minimum absolute atomic E-state index is 0.254. The minimum Gasteiger partial charge on any atom is -0.495 e. The van der Waals surface area contributed by atoms with Gasteiger partial charge in [-0.15, -0.1) is 0 Å². The molecule has 1 amide bonds. The van der Waals surface area contributed by atoms with E-state index in [2.05, 4.69) is 5.32 Å². The van der Waals surface area contributed by atoms with Crippen molar-refractivity contribution in [2.75, 3.05) is 12.4 Å². The van der Waals surface area contributed by atoms with E-state index in [1.165, 1.54) is 7.11 Å². The second-order valence-corrected chi connectivity index (χ2v) is 6.23. The molecule has 1 unspecified atom stereocenters. The zero-order valence-corrected chi connectivity index (χ0v) is 15.3. The van der Waals surface area contributed by atoms with Gasteiger partial charge in [0, 0.05) is 11.1 Å². The lowest BCUT2D eigenvalue weighted by Gasteiger charge is -2.18. The first-order valence-corrected chi connectivity index (χ1v) is 8.08. The summed E-state index contributed by atoms with van der Waals surface area (Å²) in [4.78, 5) is 12.5. The van der Waals surface area contributed by atoms with Crippen LogP contribution in [0, 0.1) is 20.8 Å². The monoisotopic (exact) mass is 347 g/mol. The summed E-state index contributed by atoms with van der Waals surface area (Å²) in [5.41, 5.74) is 3.50. The number of amides is 1. The second kappa shape index (κ2) is 7.58. The Labute approximate surface area is 147 Å². The number of nitrogens with one attached hydrogen (secondary N) is 1. The van der Waals surface area contributed by atoms with Crippen molar-refractivity contribution in [3.8, 4) is 11.5 Å². The summed E-state index contributed by atoms with van der Waals surface area (Å²) in [7, 11) is 1.53. The van der Waals surface area contributed by atoms with Crippen molar-refractivity contribution in [1.82, 2.24) is 0 Å². The molecule has 0 bridgehead atoms. The Kier molecular flexibility index (Phi) is 5.73. The maximum absolute atomic E-state index is 12.5. The number of carbonyl (C=O) groups excluding carboxylic acids is 1. The maximum atomic E-state index is 12.5. The molecule has 0 saturated carbocycles. The van der Waals surface area contributed by atoms with Crippen molar-refractivity contribution in [2.45, 2.75) is 33.8 Å². The Morgan fingerprint density at radius 1 is 1.08 bits per heavy atom. The molecule has 0 aromatic heterocycles. The van der Waals surface area contributed by atoms with Crippen molar-refractivity contribution in [3.05, 3.63) is 52.0 Å². The highest BCUT2D eigenvalue weighted by molar-refractivity contribution is 6.31. The van der Waals surface area contributed by atoms with Crippen molar-refractivity contribution in [3.63, 3.8) is 0 Å². The Balaban J connectivity index is 2.15. The number of anilines is 1. The summed E-state index contributed by atoms with van der Waals surface area (Å²) >= 11 is 6.09. The van der Waals surface area contributed by atoms with Crippen LogP contribution < -0.4 is 14.8 Å². The topological polar surface area (TPSA) is 47.6 Å². The second-order valence-electron chi connectivity index (χ2n) is 5.82. The van der Waals surface area contributed by atoms with Gasteiger partial charge in [-0.25, -0.2) is 0 Å². The first-order valence-electron chi connectivity index (χ1n) is 7.70. The van der Waals surface area contributed by atoms with E-state index >= 15 is 0 Å². The molecule has 0 heterocycles. The third kappa shape index (κ3) is 4.20. The van der Waals surface area contributed by atoms with Gasteiger partial charge in [-0.1, -0.05) is 23.7 Å². The highest BCUT2D eigenvalue weighted by Gasteiger charge is 2.18. The zero-order chi connectivity index (χ0) is 17.9. The molecule has 1 N–H and O–H groups in total. The van der Waals surface area contributed by atoms with E-state index in [9.17, 15) is 4.79 Å².